The van der Waals surface area contributed by atoms with Crippen LogP contribution in [0.4, 0.5) is 0 Å². The van der Waals surface area contributed by atoms with E-state index in [1.807, 2.05) is 66.7 Å². The standard InChI is InChI=1S/C36H37NO3S.CH5N.CH4S/c1-3-4-11-20-37-23-29-17-16-28(22-33(29)39-2)35(38)34-32-19-18-31(40-24-26-12-7-5-8-13-26)21-30(32)25-41-36(34)27-14-9-6-10-15-27;2*1-2/h5-10,12-19,21-22,37H,3-4,11,20,23-25H2,1-2H3;2H2,1H3;2H,1H3. The summed E-state index contributed by atoms with van der Waals surface area (Å²) in [6, 6.07) is 32.3. The van der Waals surface area contributed by atoms with Crippen LogP contribution in [-0.4, -0.2) is 32.7 Å². The fraction of sp³-hybridized carbons (Fsp3) is 0.289. The minimum absolute atomic E-state index is 0.00369. The zero-order chi connectivity index (χ0) is 32.4. The zero-order valence-corrected chi connectivity index (χ0v) is 28.6. The summed E-state index contributed by atoms with van der Waals surface area (Å²) < 4.78 is 11.8. The van der Waals surface area contributed by atoms with Crippen molar-refractivity contribution in [1.29, 1.82) is 0 Å². The van der Waals surface area contributed by atoms with Gasteiger partial charge in [0.1, 0.15) is 18.1 Å². The Kier molecular flexibility index (Phi) is 15.8. The molecule has 4 aromatic carbocycles. The molecule has 0 aliphatic carbocycles. The van der Waals surface area contributed by atoms with Crippen molar-refractivity contribution in [3.8, 4) is 11.5 Å². The lowest BCUT2D eigenvalue weighted by molar-refractivity contribution is 0.105. The number of Topliss-reactive ketones (excluding diaryl/α,β-unsaturated/α-hetero) is 1. The minimum Gasteiger partial charge on any atom is -0.496 e. The molecular weight excluding hydrogens is 597 g/mol. The third-order valence-electron chi connectivity index (χ3n) is 7.28. The largest absolute Gasteiger partial charge is 0.496 e. The minimum atomic E-state index is -0.00369. The number of unbranched alkanes of at least 4 members (excludes halogenated alkanes) is 2. The summed E-state index contributed by atoms with van der Waals surface area (Å²) in [4.78, 5) is 15.3. The molecule has 1 aliphatic heterocycles. The molecule has 0 atom stereocenters. The summed E-state index contributed by atoms with van der Waals surface area (Å²) >= 11 is 5.23. The quantitative estimate of drug-likeness (QED) is 0.0770. The monoisotopic (exact) mass is 642 g/mol. The van der Waals surface area contributed by atoms with Gasteiger partial charge in [0.15, 0.2) is 5.78 Å². The predicted octanol–water partition coefficient (Wildman–Crippen LogP) is 8.67. The van der Waals surface area contributed by atoms with Crippen molar-refractivity contribution in [3.05, 3.63) is 130 Å². The van der Waals surface area contributed by atoms with Crippen LogP contribution < -0.4 is 20.5 Å². The van der Waals surface area contributed by atoms with E-state index in [4.69, 9.17) is 9.47 Å². The molecule has 0 saturated carbocycles. The number of thioether (sulfide) groups is 1. The number of hydrogen-bond acceptors (Lipinski definition) is 7. The van der Waals surface area contributed by atoms with Crippen LogP contribution in [0.3, 0.4) is 0 Å². The number of methoxy groups -OCH3 is 1. The molecule has 0 spiro atoms. The first-order valence-corrected chi connectivity index (χ1v) is 17.2. The molecule has 238 valence electrons. The molecular formula is C38H46N2O3S2. The lowest BCUT2D eigenvalue weighted by Gasteiger charge is -2.24. The number of nitrogens with one attached hydrogen (secondary N) is 1. The summed E-state index contributed by atoms with van der Waals surface area (Å²) in [7, 11) is 3.17. The number of nitrogens with two attached hydrogens (primary N) is 1. The van der Waals surface area contributed by atoms with Crippen LogP contribution in [0.1, 0.15) is 64.4 Å². The number of thiol groups is 1. The molecule has 0 fully saturated rings. The Hall–Kier alpha value is -3.49. The topological polar surface area (TPSA) is 73.6 Å². The molecule has 1 aliphatic rings. The average Bonchev–Trinajstić information content (AvgIpc) is 3.12. The Labute approximate surface area is 279 Å². The van der Waals surface area contributed by atoms with Gasteiger partial charge in [-0.3, -0.25) is 4.79 Å². The second-order valence-corrected chi connectivity index (χ2v) is 11.2. The molecule has 0 saturated heterocycles. The summed E-state index contributed by atoms with van der Waals surface area (Å²) in [5.74, 6) is 2.30. The van der Waals surface area contributed by atoms with E-state index in [0.29, 0.717) is 18.7 Å². The van der Waals surface area contributed by atoms with Crippen LogP contribution >= 0.6 is 24.4 Å². The van der Waals surface area contributed by atoms with Crippen LogP contribution in [0.5, 0.6) is 11.5 Å². The SMILES string of the molecule is CCCCCNCc1ccc(C(=O)C2=C(c3ccccc3)SCc3cc(OCc4ccccc4)ccc32)cc1OC.CN.CS. The first-order chi connectivity index (χ1) is 22.2. The van der Waals surface area contributed by atoms with E-state index in [1.165, 1.54) is 19.9 Å². The van der Waals surface area contributed by atoms with E-state index in [1.54, 1.807) is 25.1 Å². The van der Waals surface area contributed by atoms with Crippen LogP contribution in [0.15, 0.2) is 97.1 Å². The van der Waals surface area contributed by atoms with Gasteiger partial charge in [0, 0.05) is 33.9 Å². The Morgan fingerprint density at radius 3 is 2.31 bits per heavy atom. The Morgan fingerprint density at radius 1 is 0.911 bits per heavy atom. The number of ether oxygens (including phenoxy) is 2. The highest BCUT2D eigenvalue weighted by atomic mass is 32.2. The van der Waals surface area contributed by atoms with E-state index in [-0.39, 0.29) is 5.78 Å². The van der Waals surface area contributed by atoms with Gasteiger partial charge in [-0.2, -0.15) is 12.6 Å². The van der Waals surface area contributed by atoms with Gasteiger partial charge in [-0.05, 0) is 66.7 Å². The van der Waals surface area contributed by atoms with Gasteiger partial charge in [0.05, 0.1) is 7.11 Å². The highest BCUT2D eigenvalue weighted by molar-refractivity contribution is 8.08. The first-order valence-electron chi connectivity index (χ1n) is 15.3. The van der Waals surface area contributed by atoms with Crippen molar-refractivity contribution in [2.24, 2.45) is 5.73 Å². The van der Waals surface area contributed by atoms with Gasteiger partial charge in [0.25, 0.3) is 0 Å². The highest BCUT2D eigenvalue weighted by Crippen LogP contribution is 2.45. The molecule has 7 heteroatoms. The second kappa shape index (κ2) is 19.8. The lowest BCUT2D eigenvalue weighted by atomic mass is 9.90. The van der Waals surface area contributed by atoms with Gasteiger partial charge in [-0.1, -0.05) is 98.6 Å². The van der Waals surface area contributed by atoms with E-state index in [2.05, 4.69) is 60.9 Å². The van der Waals surface area contributed by atoms with E-state index < -0.39 is 0 Å². The second-order valence-electron chi connectivity index (χ2n) is 10.2. The Balaban J connectivity index is 0.00000133. The molecule has 4 aromatic rings. The van der Waals surface area contributed by atoms with Crippen LogP contribution in [0, 0.1) is 0 Å². The number of hydrogen-bond donors (Lipinski definition) is 3. The van der Waals surface area contributed by atoms with Crippen LogP contribution in [-0.2, 0) is 18.9 Å². The van der Waals surface area contributed by atoms with E-state index in [0.717, 1.165) is 68.5 Å². The Morgan fingerprint density at radius 2 is 1.62 bits per heavy atom. The van der Waals surface area contributed by atoms with Crippen molar-refractivity contribution < 1.29 is 14.3 Å². The molecule has 0 bridgehead atoms. The number of carbonyl (C=O) groups excluding carboxylic acids is 1. The molecule has 3 N–H and O–H groups in total. The maximum atomic E-state index is 14.3. The van der Waals surface area contributed by atoms with Gasteiger partial charge in [-0.25, -0.2) is 0 Å². The Bertz CT molecular complexity index is 1510. The third-order valence-corrected chi connectivity index (χ3v) is 8.46. The normalized spacial score (nSPS) is 11.8. The van der Waals surface area contributed by atoms with Crippen molar-refractivity contribution in [3.63, 3.8) is 0 Å². The number of benzene rings is 4. The maximum Gasteiger partial charge on any atom is 0.194 e. The average molecular weight is 643 g/mol. The molecule has 5 nitrogen and oxygen atoms in total. The smallest absolute Gasteiger partial charge is 0.194 e. The van der Waals surface area contributed by atoms with Crippen LogP contribution in [0.2, 0.25) is 0 Å². The zero-order valence-electron chi connectivity index (χ0n) is 26.8. The molecule has 5 rings (SSSR count). The predicted molar refractivity (Wildman–Crippen MR) is 195 cm³/mol. The van der Waals surface area contributed by atoms with Gasteiger partial charge in [0.2, 0.25) is 0 Å². The highest BCUT2D eigenvalue weighted by Gasteiger charge is 2.27. The van der Waals surface area contributed by atoms with Crippen molar-refractivity contribution in [1.82, 2.24) is 5.32 Å². The molecule has 0 aromatic heterocycles. The van der Waals surface area contributed by atoms with Crippen molar-refractivity contribution in [2.75, 3.05) is 27.0 Å². The first kappa shape index (κ1) is 36.0. The van der Waals surface area contributed by atoms with Gasteiger partial charge in [-0.15, -0.1) is 11.8 Å². The van der Waals surface area contributed by atoms with E-state index in [9.17, 15) is 4.79 Å². The van der Waals surface area contributed by atoms with Crippen LogP contribution in [0.25, 0.3) is 10.5 Å². The van der Waals surface area contributed by atoms with Gasteiger partial charge >= 0.3 is 0 Å². The fourth-order valence-corrected chi connectivity index (χ4v) is 6.24. The lowest BCUT2D eigenvalue weighted by Crippen LogP contribution is -2.16. The number of allylic oxidation sites excluding steroid dienone is 1. The number of ketones is 1. The summed E-state index contributed by atoms with van der Waals surface area (Å²) in [6.45, 7) is 4.39. The summed E-state index contributed by atoms with van der Waals surface area (Å²) in [5, 5.41) is 3.50. The number of fused-ring (bicyclic) bond motifs is 1. The summed E-state index contributed by atoms with van der Waals surface area (Å²) in [5.41, 5.74) is 11.1. The van der Waals surface area contributed by atoms with Crippen molar-refractivity contribution >= 4 is 40.7 Å². The number of rotatable bonds is 13. The fourth-order valence-electron chi connectivity index (χ4n) is 5.05. The summed E-state index contributed by atoms with van der Waals surface area (Å²) in [6.07, 6.45) is 5.27. The molecule has 0 radical (unpaired) electrons. The molecule has 0 unspecified atom stereocenters. The molecule has 0 amide bonds. The van der Waals surface area contributed by atoms with Crippen molar-refractivity contribution in [2.45, 2.75) is 45.1 Å². The van der Waals surface area contributed by atoms with Gasteiger partial charge < -0.3 is 20.5 Å². The van der Waals surface area contributed by atoms with E-state index >= 15 is 0 Å². The number of carbonyl (C=O) groups is 1. The maximum absolute atomic E-state index is 14.3. The third kappa shape index (κ3) is 10.00. The molecule has 45 heavy (non-hydrogen) atoms. The molecule has 1 heterocycles.